The predicted molar refractivity (Wildman–Crippen MR) is 165 cm³/mol. The minimum Gasteiger partial charge on any atom is -0.491 e. The summed E-state index contributed by atoms with van der Waals surface area (Å²) in [4.78, 5) is 35.5. The van der Waals surface area contributed by atoms with Gasteiger partial charge < -0.3 is 14.7 Å². The SMILES string of the molecule is Cc1cc(-c2cc(Cl)ccc2OCCn2c(C)nc3ccc(C(F)(F)CN(C)C)c(C#N)c3c2=O)c2scc(C(=O)O)c2n1. The van der Waals surface area contributed by atoms with Gasteiger partial charge in [0.2, 0.25) is 0 Å². The van der Waals surface area contributed by atoms with Gasteiger partial charge in [-0.3, -0.25) is 14.3 Å². The number of rotatable bonds is 9. The monoisotopic (exact) mass is 637 g/mol. The number of carboxylic acid groups (broad SMARTS) is 1. The number of likely N-dealkylation sites (N-methyl/N-ethyl adjacent to an activating group) is 1. The Bertz CT molecular complexity index is 2050. The molecule has 0 saturated heterocycles. The average molecular weight is 638 g/mol. The van der Waals surface area contributed by atoms with Gasteiger partial charge in [0.25, 0.3) is 11.5 Å². The molecule has 9 nitrogen and oxygen atoms in total. The normalized spacial score (nSPS) is 11.8. The highest BCUT2D eigenvalue weighted by Crippen LogP contribution is 2.40. The first kappa shape index (κ1) is 31.0. The zero-order valence-electron chi connectivity index (χ0n) is 24.1. The van der Waals surface area contributed by atoms with E-state index >= 15 is 8.78 Å². The van der Waals surface area contributed by atoms with Crippen LogP contribution < -0.4 is 10.3 Å². The van der Waals surface area contributed by atoms with Crippen LogP contribution in [0.5, 0.6) is 5.75 Å². The summed E-state index contributed by atoms with van der Waals surface area (Å²) in [6.45, 7) is 2.73. The number of aryl methyl sites for hydroxylation is 2. The Morgan fingerprint density at radius 3 is 2.61 bits per heavy atom. The van der Waals surface area contributed by atoms with Crippen LogP contribution in [0.2, 0.25) is 5.02 Å². The van der Waals surface area contributed by atoms with Crippen LogP contribution in [0.15, 0.2) is 46.6 Å². The lowest BCUT2D eigenvalue weighted by atomic mass is 9.98. The summed E-state index contributed by atoms with van der Waals surface area (Å²) in [6.07, 6.45) is 0. The van der Waals surface area contributed by atoms with Gasteiger partial charge in [0, 0.05) is 32.8 Å². The minimum atomic E-state index is -3.37. The minimum absolute atomic E-state index is 0.00576. The predicted octanol–water partition coefficient (Wildman–Crippen LogP) is 6.25. The lowest BCUT2D eigenvalue weighted by molar-refractivity contribution is -0.0271. The van der Waals surface area contributed by atoms with E-state index in [1.807, 2.05) is 12.1 Å². The van der Waals surface area contributed by atoms with E-state index in [1.165, 1.54) is 46.3 Å². The maximum atomic E-state index is 15.1. The van der Waals surface area contributed by atoms with Crippen molar-refractivity contribution >= 4 is 50.0 Å². The van der Waals surface area contributed by atoms with Crippen LogP contribution in [0, 0.1) is 25.2 Å². The second-order valence-corrected chi connectivity index (χ2v) is 11.8. The van der Waals surface area contributed by atoms with Crippen molar-refractivity contribution in [2.45, 2.75) is 26.3 Å². The van der Waals surface area contributed by atoms with Crippen molar-refractivity contribution in [3.63, 3.8) is 0 Å². The number of halogens is 3. The fourth-order valence-electron chi connectivity index (χ4n) is 5.16. The quantitative estimate of drug-likeness (QED) is 0.201. The summed E-state index contributed by atoms with van der Waals surface area (Å²) in [5, 5.41) is 21.3. The fraction of sp³-hybridized carbons (Fsp3) is 0.258. The van der Waals surface area contributed by atoms with Gasteiger partial charge in [-0.1, -0.05) is 11.6 Å². The largest absolute Gasteiger partial charge is 0.491 e. The smallest absolute Gasteiger partial charge is 0.338 e. The molecule has 5 aromatic rings. The highest BCUT2D eigenvalue weighted by atomic mass is 35.5. The number of pyridine rings is 1. The van der Waals surface area contributed by atoms with Gasteiger partial charge in [-0.15, -0.1) is 11.3 Å². The molecule has 5 rings (SSSR count). The molecule has 3 heterocycles. The Morgan fingerprint density at radius 1 is 1.18 bits per heavy atom. The Kier molecular flexibility index (Phi) is 8.40. The lowest BCUT2D eigenvalue weighted by Gasteiger charge is -2.22. The van der Waals surface area contributed by atoms with E-state index in [1.54, 1.807) is 32.0 Å². The standard InChI is InChI=1S/C31H26ClF2N5O4S/c1-16-11-20(28-27(36-16)22(14-44-28)30(41)42)19-12-18(32)5-8-25(19)43-10-9-39-17(2)37-24-7-6-23(31(33,34)15-38(3)4)21(13-35)26(24)29(39)40/h5-8,11-12,14H,9-10,15H2,1-4H3,(H,41,42). The van der Waals surface area contributed by atoms with Crippen molar-refractivity contribution in [3.8, 4) is 22.9 Å². The van der Waals surface area contributed by atoms with Crippen LogP contribution in [0.4, 0.5) is 8.78 Å². The molecule has 0 saturated carbocycles. The van der Waals surface area contributed by atoms with E-state index in [0.717, 1.165) is 6.07 Å². The Balaban J connectivity index is 1.52. The van der Waals surface area contributed by atoms with Crippen LogP contribution in [0.1, 0.15) is 33.0 Å². The summed E-state index contributed by atoms with van der Waals surface area (Å²) in [7, 11) is 2.99. The summed E-state index contributed by atoms with van der Waals surface area (Å²) >= 11 is 7.59. The van der Waals surface area contributed by atoms with Crippen LogP contribution >= 0.6 is 22.9 Å². The number of hydrogen-bond acceptors (Lipinski definition) is 8. The molecule has 0 amide bonds. The summed E-state index contributed by atoms with van der Waals surface area (Å²) in [5.74, 6) is -3.70. The first-order valence-corrected chi connectivity index (χ1v) is 14.6. The summed E-state index contributed by atoms with van der Waals surface area (Å²) in [6, 6.07) is 11.1. The topological polar surface area (TPSA) is 121 Å². The molecule has 0 unspecified atom stereocenters. The van der Waals surface area contributed by atoms with E-state index in [2.05, 4.69) is 9.97 Å². The Morgan fingerprint density at radius 2 is 1.93 bits per heavy atom. The number of carboxylic acids is 1. The molecular formula is C31H26ClF2N5O4S. The van der Waals surface area contributed by atoms with Crippen molar-refractivity contribution < 1.29 is 23.4 Å². The van der Waals surface area contributed by atoms with Gasteiger partial charge in [0.15, 0.2) is 0 Å². The Labute approximate surface area is 259 Å². The zero-order chi connectivity index (χ0) is 31.9. The average Bonchev–Trinajstić information content (AvgIpc) is 3.37. The summed E-state index contributed by atoms with van der Waals surface area (Å²) in [5.41, 5.74) is 0.935. The van der Waals surface area contributed by atoms with Crippen LogP contribution in [-0.2, 0) is 12.5 Å². The number of carbonyl (C=O) groups is 1. The number of nitriles is 1. The second kappa shape index (κ2) is 11.9. The van der Waals surface area contributed by atoms with E-state index in [9.17, 15) is 20.0 Å². The van der Waals surface area contributed by atoms with E-state index in [-0.39, 0.29) is 29.6 Å². The number of ether oxygens (including phenoxy) is 1. The van der Waals surface area contributed by atoms with E-state index < -0.39 is 35.1 Å². The molecule has 0 aliphatic carbocycles. The van der Waals surface area contributed by atoms with Gasteiger partial charge in [0.1, 0.15) is 24.3 Å². The first-order valence-electron chi connectivity index (χ1n) is 13.3. The van der Waals surface area contributed by atoms with Crippen molar-refractivity contribution in [3.05, 3.63) is 85.4 Å². The van der Waals surface area contributed by atoms with Crippen LogP contribution in [0.3, 0.4) is 0 Å². The lowest BCUT2D eigenvalue weighted by Crippen LogP contribution is -2.32. The molecular weight excluding hydrogens is 612 g/mol. The van der Waals surface area contributed by atoms with Gasteiger partial charge in [-0.2, -0.15) is 14.0 Å². The molecule has 0 bridgehead atoms. The van der Waals surface area contributed by atoms with Gasteiger partial charge in [-0.25, -0.2) is 9.78 Å². The number of fused-ring (bicyclic) bond motifs is 2. The second-order valence-electron chi connectivity index (χ2n) is 10.5. The molecule has 0 aliphatic rings. The number of nitrogens with zero attached hydrogens (tertiary/aromatic N) is 5. The van der Waals surface area contributed by atoms with Gasteiger partial charge in [0.05, 0.1) is 45.3 Å². The van der Waals surface area contributed by atoms with Crippen molar-refractivity contribution in [1.29, 1.82) is 5.26 Å². The van der Waals surface area contributed by atoms with Crippen molar-refractivity contribution in [2.75, 3.05) is 27.2 Å². The molecule has 0 spiro atoms. The first-order chi connectivity index (χ1) is 20.8. The zero-order valence-corrected chi connectivity index (χ0v) is 25.7. The highest BCUT2D eigenvalue weighted by Gasteiger charge is 2.36. The number of aromatic carboxylic acids is 1. The number of thiophene rings is 1. The number of alkyl halides is 2. The molecule has 0 fully saturated rings. The number of benzene rings is 2. The molecule has 2 aromatic carbocycles. The molecule has 1 N–H and O–H groups in total. The number of hydrogen-bond donors (Lipinski definition) is 1. The number of aromatic nitrogens is 3. The van der Waals surface area contributed by atoms with Crippen molar-refractivity contribution in [1.82, 2.24) is 19.4 Å². The highest BCUT2D eigenvalue weighted by molar-refractivity contribution is 7.18. The molecule has 44 heavy (non-hydrogen) atoms. The molecule has 0 radical (unpaired) electrons. The fourth-order valence-corrected chi connectivity index (χ4v) is 6.34. The van der Waals surface area contributed by atoms with E-state index in [4.69, 9.17) is 16.3 Å². The third-order valence-electron chi connectivity index (χ3n) is 7.02. The maximum absolute atomic E-state index is 15.1. The molecule has 3 aromatic heterocycles. The van der Waals surface area contributed by atoms with Crippen LogP contribution in [-0.4, -0.2) is 57.8 Å². The summed E-state index contributed by atoms with van der Waals surface area (Å²) < 4.78 is 38.2. The molecule has 0 aliphatic heterocycles. The van der Waals surface area contributed by atoms with Crippen LogP contribution in [0.25, 0.3) is 32.2 Å². The van der Waals surface area contributed by atoms with Crippen molar-refractivity contribution in [2.24, 2.45) is 0 Å². The van der Waals surface area contributed by atoms with Gasteiger partial charge in [-0.05, 0) is 64.3 Å². The maximum Gasteiger partial charge on any atom is 0.338 e. The Hall–Kier alpha value is -4.44. The molecule has 13 heteroatoms. The van der Waals surface area contributed by atoms with Gasteiger partial charge >= 0.3 is 5.97 Å². The molecule has 226 valence electrons. The third kappa shape index (κ3) is 5.74. The molecule has 0 atom stereocenters. The third-order valence-corrected chi connectivity index (χ3v) is 8.26. The van der Waals surface area contributed by atoms with E-state index in [0.29, 0.717) is 43.6 Å².